The largest absolute Gasteiger partial charge is 0.326 e. The Balaban J connectivity index is 1.96. The van der Waals surface area contributed by atoms with E-state index in [0.717, 1.165) is 18.0 Å². The van der Waals surface area contributed by atoms with E-state index in [1.54, 1.807) is 0 Å². The van der Waals surface area contributed by atoms with E-state index in [4.69, 9.17) is 0 Å². The number of carbonyl (C=O) groups excluding carboxylic acids is 1. The molecule has 0 radical (unpaired) electrons. The summed E-state index contributed by atoms with van der Waals surface area (Å²) in [5.74, 6) is 0.979. The molecular weight excluding hydrogens is 270 g/mol. The number of aryl methyl sites for hydroxylation is 1. The van der Waals surface area contributed by atoms with Crippen molar-refractivity contribution in [2.24, 2.45) is 5.92 Å². The summed E-state index contributed by atoms with van der Waals surface area (Å²) in [6, 6.07) is 7.97. The Morgan fingerprint density at radius 3 is 2.05 bits per heavy atom. The quantitative estimate of drug-likeness (QED) is 0.492. The molecule has 0 unspecified atom stereocenters. The van der Waals surface area contributed by atoms with E-state index < -0.39 is 0 Å². The molecule has 1 N–H and O–H groups in total. The highest BCUT2D eigenvalue weighted by Gasteiger charge is 2.02. The summed E-state index contributed by atoms with van der Waals surface area (Å²) in [6.07, 6.45) is 10.8. The van der Waals surface area contributed by atoms with Crippen LogP contribution in [-0.2, 0) is 4.79 Å². The van der Waals surface area contributed by atoms with Crippen LogP contribution in [0.25, 0.3) is 0 Å². The van der Waals surface area contributed by atoms with E-state index in [0.29, 0.717) is 6.42 Å². The number of hydrogen-bond acceptors (Lipinski definition) is 1. The zero-order valence-corrected chi connectivity index (χ0v) is 14.7. The number of carbonyl (C=O) groups is 1. The number of hydrogen-bond donors (Lipinski definition) is 1. The standard InChI is InChI=1S/C20H33NO/c1-17(2)11-9-7-5-4-6-8-10-12-20(22)21-19-15-13-18(3)14-16-19/h13-17H,4-12H2,1-3H3,(H,21,22). The molecule has 0 aliphatic heterocycles. The van der Waals surface area contributed by atoms with Gasteiger partial charge in [-0.15, -0.1) is 0 Å². The Morgan fingerprint density at radius 2 is 1.45 bits per heavy atom. The van der Waals surface area contributed by atoms with Gasteiger partial charge in [0, 0.05) is 12.1 Å². The number of rotatable bonds is 11. The molecule has 0 fully saturated rings. The van der Waals surface area contributed by atoms with Gasteiger partial charge in [-0.05, 0) is 31.4 Å². The molecule has 22 heavy (non-hydrogen) atoms. The van der Waals surface area contributed by atoms with E-state index in [1.165, 1.54) is 50.5 Å². The fraction of sp³-hybridized carbons (Fsp3) is 0.650. The van der Waals surface area contributed by atoms with Crippen LogP contribution in [0, 0.1) is 12.8 Å². The molecule has 0 saturated heterocycles. The zero-order chi connectivity index (χ0) is 16.2. The summed E-state index contributed by atoms with van der Waals surface area (Å²) >= 11 is 0. The number of anilines is 1. The fourth-order valence-corrected chi connectivity index (χ4v) is 2.58. The Labute approximate surface area is 136 Å². The first-order chi connectivity index (χ1) is 10.6. The third kappa shape index (κ3) is 9.59. The summed E-state index contributed by atoms with van der Waals surface area (Å²) in [7, 11) is 0. The van der Waals surface area contributed by atoms with E-state index in [-0.39, 0.29) is 5.91 Å². The van der Waals surface area contributed by atoms with Crippen molar-refractivity contribution < 1.29 is 4.79 Å². The van der Waals surface area contributed by atoms with Crippen molar-refractivity contribution in [2.75, 3.05) is 5.32 Å². The molecule has 0 aliphatic rings. The van der Waals surface area contributed by atoms with Crippen molar-refractivity contribution in [1.82, 2.24) is 0 Å². The molecule has 1 rings (SSSR count). The average molecular weight is 303 g/mol. The van der Waals surface area contributed by atoms with Crippen molar-refractivity contribution in [1.29, 1.82) is 0 Å². The first kappa shape index (κ1) is 18.7. The molecule has 0 saturated carbocycles. The van der Waals surface area contributed by atoms with Crippen LogP contribution in [0.1, 0.15) is 77.2 Å². The predicted molar refractivity (Wildman–Crippen MR) is 96.2 cm³/mol. The third-order valence-electron chi connectivity index (χ3n) is 4.02. The van der Waals surface area contributed by atoms with Gasteiger partial charge in [0.2, 0.25) is 5.91 Å². The monoisotopic (exact) mass is 303 g/mol. The second-order valence-electron chi connectivity index (χ2n) is 6.82. The van der Waals surface area contributed by atoms with Gasteiger partial charge in [0.25, 0.3) is 0 Å². The lowest BCUT2D eigenvalue weighted by Crippen LogP contribution is -2.10. The van der Waals surface area contributed by atoms with Crippen molar-refractivity contribution in [3.8, 4) is 0 Å². The van der Waals surface area contributed by atoms with Crippen LogP contribution >= 0.6 is 0 Å². The second-order valence-corrected chi connectivity index (χ2v) is 6.82. The maximum atomic E-state index is 11.8. The van der Waals surface area contributed by atoms with Crippen LogP contribution in [0.3, 0.4) is 0 Å². The molecule has 0 spiro atoms. The van der Waals surface area contributed by atoms with Crippen LogP contribution < -0.4 is 5.32 Å². The molecule has 124 valence electrons. The topological polar surface area (TPSA) is 29.1 Å². The Morgan fingerprint density at radius 1 is 0.909 bits per heavy atom. The van der Waals surface area contributed by atoms with Crippen LogP contribution in [-0.4, -0.2) is 5.91 Å². The maximum Gasteiger partial charge on any atom is 0.224 e. The minimum atomic E-state index is 0.140. The summed E-state index contributed by atoms with van der Waals surface area (Å²) in [6.45, 7) is 6.64. The summed E-state index contributed by atoms with van der Waals surface area (Å²) in [5, 5.41) is 2.96. The summed E-state index contributed by atoms with van der Waals surface area (Å²) < 4.78 is 0. The first-order valence-corrected chi connectivity index (χ1v) is 8.94. The molecule has 2 heteroatoms. The van der Waals surface area contributed by atoms with E-state index in [9.17, 15) is 4.79 Å². The highest BCUT2D eigenvalue weighted by molar-refractivity contribution is 5.90. The molecular formula is C20H33NO. The van der Waals surface area contributed by atoms with Crippen molar-refractivity contribution in [3.63, 3.8) is 0 Å². The molecule has 2 nitrogen and oxygen atoms in total. The lowest BCUT2D eigenvalue weighted by molar-refractivity contribution is -0.116. The first-order valence-electron chi connectivity index (χ1n) is 8.94. The Kier molecular flexibility index (Phi) is 9.61. The lowest BCUT2D eigenvalue weighted by atomic mass is 10.0. The van der Waals surface area contributed by atoms with Crippen molar-refractivity contribution in [3.05, 3.63) is 29.8 Å². The fourth-order valence-electron chi connectivity index (χ4n) is 2.58. The van der Waals surface area contributed by atoms with Gasteiger partial charge in [-0.1, -0.05) is 76.5 Å². The highest BCUT2D eigenvalue weighted by Crippen LogP contribution is 2.13. The Hall–Kier alpha value is -1.31. The number of unbranched alkanes of at least 4 members (excludes halogenated alkanes) is 6. The SMILES string of the molecule is Cc1ccc(NC(=O)CCCCCCCCCC(C)C)cc1. The van der Waals surface area contributed by atoms with Crippen LogP contribution in [0.15, 0.2) is 24.3 Å². The van der Waals surface area contributed by atoms with Crippen molar-refractivity contribution in [2.45, 2.75) is 78.6 Å². The summed E-state index contributed by atoms with van der Waals surface area (Å²) in [5.41, 5.74) is 2.12. The van der Waals surface area contributed by atoms with Gasteiger partial charge in [0.1, 0.15) is 0 Å². The average Bonchev–Trinajstić information content (AvgIpc) is 2.47. The highest BCUT2D eigenvalue weighted by atomic mass is 16.1. The van der Waals surface area contributed by atoms with Gasteiger partial charge >= 0.3 is 0 Å². The number of benzene rings is 1. The Bertz CT molecular complexity index is 408. The van der Waals surface area contributed by atoms with E-state index in [1.807, 2.05) is 24.3 Å². The molecule has 0 aliphatic carbocycles. The smallest absolute Gasteiger partial charge is 0.224 e. The van der Waals surface area contributed by atoms with Crippen LogP contribution in [0.2, 0.25) is 0 Å². The number of amides is 1. The molecule has 0 aromatic heterocycles. The van der Waals surface area contributed by atoms with Crippen LogP contribution in [0.4, 0.5) is 5.69 Å². The van der Waals surface area contributed by atoms with Gasteiger partial charge in [0.15, 0.2) is 0 Å². The maximum absolute atomic E-state index is 11.8. The number of nitrogens with one attached hydrogen (secondary N) is 1. The van der Waals surface area contributed by atoms with E-state index >= 15 is 0 Å². The van der Waals surface area contributed by atoms with Gasteiger partial charge in [0.05, 0.1) is 0 Å². The minimum absolute atomic E-state index is 0.140. The molecule has 0 atom stereocenters. The minimum Gasteiger partial charge on any atom is -0.326 e. The molecule has 0 heterocycles. The molecule has 0 bridgehead atoms. The lowest BCUT2D eigenvalue weighted by Gasteiger charge is -2.06. The van der Waals surface area contributed by atoms with E-state index in [2.05, 4.69) is 26.1 Å². The second kappa shape index (κ2) is 11.3. The van der Waals surface area contributed by atoms with Crippen LogP contribution in [0.5, 0.6) is 0 Å². The summed E-state index contributed by atoms with van der Waals surface area (Å²) in [4.78, 5) is 11.8. The van der Waals surface area contributed by atoms with Gasteiger partial charge < -0.3 is 5.32 Å². The molecule has 1 aromatic rings. The molecule has 1 aromatic carbocycles. The van der Waals surface area contributed by atoms with Gasteiger partial charge in [-0.2, -0.15) is 0 Å². The predicted octanol–water partition coefficient (Wildman–Crippen LogP) is 6.10. The third-order valence-corrected chi connectivity index (χ3v) is 4.02. The van der Waals surface area contributed by atoms with Crippen molar-refractivity contribution >= 4 is 11.6 Å². The van der Waals surface area contributed by atoms with Gasteiger partial charge in [-0.3, -0.25) is 4.79 Å². The normalized spacial score (nSPS) is 10.9. The zero-order valence-electron chi connectivity index (χ0n) is 14.7. The van der Waals surface area contributed by atoms with Gasteiger partial charge in [-0.25, -0.2) is 0 Å². The molecule has 1 amide bonds.